The molecule has 74 valence electrons. The minimum atomic E-state index is 0.708. The molecule has 0 bridgehead atoms. The third-order valence-corrected chi connectivity index (χ3v) is 2.65. The minimum Gasteiger partial charge on any atom is -0.318 e. The van der Waals surface area contributed by atoms with Gasteiger partial charge in [0.05, 0.1) is 6.54 Å². The smallest absolute Gasteiger partial charge is 0.0604 e. The molecule has 1 aliphatic heterocycles. The summed E-state index contributed by atoms with van der Waals surface area (Å²) in [5.74, 6) is 6.12. The molecule has 0 spiro atoms. The van der Waals surface area contributed by atoms with E-state index in [4.69, 9.17) is 0 Å². The minimum absolute atomic E-state index is 0.708. The van der Waals surface area contributed by atoms with Gasteiger partial charge in [-0.25, -0.2) is 0 Å². The number of nitrogens with zero attached hydrogens (tertiary/aromatic N) is 1. The van der Waals surface area contributed by atoms with E-state index in [0.717, 1.165) is 13.1 Å². The monoisotopic (exact) mass is 180 g/mol. The summed E-state index contributed by atoms with van der Waals surface area (Å²) in [6.07, 6.45) is 4.04. The Labute approximate surface area is 81.7 Å². The molecule has 0 aliphatic carbocycles. The Kier molecular flexibility index (Phi) is 4.88. The molecule has 1 atom stereocenters. The first-order valence-electron chi connectivity index (χ1n) is 5.16. The fourth-order valence-corrected chi connectivity index (χ4v) is 1.92. The normalized spacial score (nSPS) is 23.7. The fourth-order valence-electron chi connectivity index (χ4n) is 1.92. The Morgan fingerprint density at radius 3 is 3.00 bits per heavy atom. The highest BCUT2D eigenvalue weighted by molar-refractivity contribution is 4.99. The van der Waals surface area contributed by atoms with Crippen LogP contribution in [0.15, 0.2) is 0 Å². The van der Waals surface area contributed by atoms with Crippen molar-refractivity contribution >= 4 is 0 Å². The molecule has 0 amide bonds. The van der Waals surface area contributed by atoms with Crippen LogP contribution in [-0.4, -0.2) is 37.6 Å². The highest BCUT2D eigenvalue weighted by Gasteiger charge is 2.20. The molecule has 1 heterocycles. The van der Waals surface area contributed by atoms with Crippen LogP contribution in [-0.2, 0) is 0 Å². The maximum absolute atomic E-state index is 3.25. The van der Waals surface area contributed by atoms with E-state index in [1.165, 1.54) is 25.8 Å². The molecule has 0 aromatic heterocycles. The second-order valence-corrected chi connectivity index (χ2v) is 3.60. The van der Waals surface area contributed by atoms with Crippen molar-refractivity contribution in [2.75, 3.05) is 26.7 Å². The van der Waals surface area contributed by atoms with Crippen LogP contribution < -0.4 is 5.32 Å². The zero-order chi connectivity index (χ0) is 9.52. The van der Waals surface area contributed by atoms with Crippen LogP contribution >= 0.6 is 0 Å². The van der Waals surface area contributed by atoms with Gasteiger partial charge in [-0.05, 0) is 33.4 Å². The molecule has 0 radical (unpaired) electrons. The van der Waals surface area contributed by atoms with E-state index in [0.29, 0.717) is 6.04 Å². The Hall–Kier alpha value is -0.520. The van der Waals surface area contributed by atoms with Crippen molar-refractivity contribution in [3.8, 4) is 11.8 Å². The maximum atomic E-state index is 3.25. The first kappa shape index (κ1) is 10.6. The zero-order valence-electron chi connectivity index (χ0n) is 8.77. The molecule has 0 aromatic carbocycles. The molecule has 1 aliphatic rings. The predicted octanol–water partition coefficient (Wildman–Crippen LogP) is 1.08. The van der Waals surface area contributed by atoms with E-state index in [9.17, 15) is 0 Å². The predicted molar refractivity (Wildman–Crippen MR) is 56.6 cm³/mol. The van der Waals surface area contributed by atoms with Gasteiger partial charge < -0.3 is 5.32 Å². The summed E-state index contributed by atoms with van der Waals surface area (Å²) in [5.41, 5.74) is 0. The number of likely N-dealkylation sites (tertiary alicyclic amines) is 1. The number of piperidine rings is 1. The van der Waals surface area contributed by atoms with E-state index in [1.54, 1.807) is 0 Å². The summed E-state index contributed by atoms with van der Waals surface area (Å²) < 4.78 is 0. The number of rotatable bonds is 3. The van der Waals surface area contributed by atoms with Crippen molar-refractivity contribution in [3.05, 3.63) is 0 Å². The Morgan fingerprint density at radius 1 is 1.46 bits per heavy atom. The van der Waals surface area contributed by atoms with E-state index < -0.39 is 0 Å². The van der Waals surface area contributed by atoms with Crippen LogP contribution in [0.2, 0.25) is 0 Å². The SMILES string of the molecule is CC#CCN1CCCCC1CNC. The summed E-state index contributed by atoms with van der Waals surface area (Å²) in [4.78, 5) is 2.50. The van der Waals surface area contributed by atoms with E-state index in [1.807, 2.05) is 14.0 Å². The summed E-state index contributed by atoms with van der Waals surface area (Å²) in [6.45, 7) is 5.19. The lowest BCUT2D eigenvalue weighted by Crippen LogP contribution is -2.44. The van der Waals surface area contributed by atoms with Gasteiger partial charge in [0.15, 0.2) is 0 Å². The van der Waals surface area contributed by atoms with Crippen molar-refractivity contribution in [3.63, 3.8) is 0 Å². The lowest BCUT2D eigenvalue weighted by molar-refractivity contribution is 0.166. The van der Waals surface area contributed by atoms with Crippen molar-refractivity contribution < 1.29 is 0 Å². The molecule has 1 unspecified atom stereocenters. The van der Waals surface area contributed by atoms with Gasteiger partial charge >= 0.3 is 0 Å². The fraction of sp³-hybridized carbons (Fsp3) is 0.818. The van der Waals surface area contributed by atoms with Gasteiger partial charge in [-0.15, -0.1) is 5.92 Å². The van der Waals surface area contributed by atoms with Crippen LogP contribution in [0.3, 0.4) is 0 Å². The van der Waals surface area contributed by atoms with Gasteiger partial charge in [0.1, 0.15) is 0 Å². The van der Waals surface area contributed by atoms with Gasteiger partial charge in [0.25, 0.3) is 0 Å². The number of nitrogens with one attached hydrogen (secondary N) is 1. The zero-order valence-corrected chi connectivity index (χ0v) is 8.77. The van der Waals surface area contributed by atoms with E-state index in [2.05, 4.69) is 22.1 Å². The van der Waals surface area contributed by atoms with E-state index >= 15 is 0 Å². The highest BCUT2D eigenvalue weighted by Crippen LogP contribution is 2.15. The molecular formula is C11H20N2. The van der Waals surface area contributed by atoms with Crippen LogP contribution in [0.25, 0.3) is 0 Å². The van der Waals surface area contributed by atoms with Gasteiger partial charge in [-0.1, -0.05) is 12.3 Å². The van der Waals surface area contributed by atoms with Crippen molar-refractivity contribution in [1.29, 1.82) is 0 Å². The number of hydrogen-bond donors (Lipinski definition) is 1. The highest BCUT2D eigenvalue weighted by atomic mass is 15.2. The first-order valence-corrected chi connectivity index (χ1v) is 5.16. The molecule has 13 heavy (non-hydrogen) atoms. The van der Waals surface area contributed by atoms with E-state index in [-0.39, 0.29) is 0 Å². The van der Waals surface area contributed by atoms with Crippen molar-refractivity contribution in [2.24, 2.45) is 0 Å². The summed E-state index contributed by atoms with van der Waals surface area (Å²) >= 11 is 0. The maximum Gasteiger partial charge on any atom is 0.0604 e. The standard InChI is InChI=1S/C11H20N2/c1-3-4-8-13-9-6-5-7-11(13)10-12-2/h11-12H,5-10H2,1-2H3. The molecule has 1 rings (SSSR count). The largest absolute Gasteiger partial charge is 0.318 e. The topological polar surface area (TPSA) is 15.3 Å². The van der Waals surface area contributed by atoms with Crippen molar-refractivity contribution in [1.82, 2.24) is 10.2 Å². The molecule has 0 saturated carbocycles. The molecule has 1 N–H and O–H groups in total. The van der Waals surface area contributed by atoms with Gasteiger partial charge in [-0.3, -0.25) is 4.90 Å². The van der Waals surface area contributed by atoms with Gasteiger partial charge in [-0.2, -0.15) is 0 Å². The van der Waals surface area contributed by atoms with Gasteiger partial charge in [0.2, 0.25) is 0 Å². The third-order valence-electron chi connectivity index (χ3n) is 2.65. The van der Waals surface area contributed by atoms with Crippen LogP contribution in [0.4, 0.5) is 0 Å². The summed E-state index contributed by atoms with van der Waals surface area (Å²) in [6, 6.07) is 0.708. The summed E-state index contributed by atoms with van der Waals surface area (Å²) in [7, 11) is 2.03. The lowest BCUT2D eigenvalue weighted by Gasteiger charge is -2.34. The second kappa shape index (κ2) is 6.01. The molecule has 2 nitrogen and oxygen atoms in total. The number of hydrogen-bond acceptors (Lipinski definition) is 2. The molecule has 2 heteroatoms. The van der Waals surface area contributed by atoms with Crippen LogP contribution in [0.1, 0.15) is 26.2 Å². The second-order valence-electron chi connectivity index (χ2n) is 3.60. The first-order chi connectivity index (χ1) is 6.38. The average Bonchev–Trinajstić information content (AvgIpc) is 2.17. The Bertz CT molecular complexity index is 188. The molecule has 1 fully saturated rings. The molecule has 1 saturated heterocycles. The lowest BCUT2D eigenvalue weighted by atomic mass is 10.0. The quantitative estimate of drug-likeness (QED) is 0.654. The number of likely N-dealkylation sites (N-methyl/N-ethyl adjacent to an activating group) is 1. The Morgan fingerprint density at radius 2 is 2.31 bits per heavy atom. The van der Waals surface area contributed by atoms with Crippen LogP contribution in [0.5, 0.6) is 0 Å². The summed E-state index contributed by atoms with van der Waals surface area (Å²) in [5, 5.41) is 3.25. The molecule has 0 aromatic rings. The third kappa shape index (κ3) is 3.38. The van der Waals surface area contributed by atoms with Crippen LogP contribution in [0, 0.1) is 11.8 Å². The molecular weight excluding hydrogens is 160 g/mol. The van der Waals surface area contributed by atoms with Crippen molar-refractivity contribution in [2.45, 2.75) is 32.2 Å². The van der Waals surface area contributed by atoms with Gasteiger partial charge in [0, 0.05) is 12.6 Å². The average molecular weight is 180 g/mol. The Balaban J connectivity index is 2.39.